The van der Waals surface area contributed by atoms with E-state index in [9.17, 15) is 9.59 Å². The van der Waals surface area contributed by atoms with Crippen LogP contribution in [0.15, 0.2) is 23.1 Å². The average Bonchev–Trinajstić information content (AvgIpc) is 2.45. The van der Waals surface area contributed by atoms with E-state index in [2.05, 4.69) is 5.32 Å². The van der Waals surface area contributed by atoms with Crippen molar-refractivity contribution < 1.29 is 4.79 Å². The lowest BCUT2D eigenvalue weighted by Gasteiger charge is -2.10. The first kappa shape index (κ1) is 9.96. The first-order chi connectivity index (χ1) is 7.08. The maximum atomic E-state index is 11.7. The number of nitrogens with zero attached hydrogens (tertiary/aromatic N) is 1. The monoisotopic (exact) mass is 206 g/mol. The maximum Gasteiger partial charge on any atom is 0.251 e. The highest BCUT2D eigenvalue weighted by atomic mass is 16.2. The number of carbonyl (C=O) groups is 1. The predicted molar refractivity (Wildman–Crippen MR) is 56.7 cm³/mol. The zero-order valence-corrected chi connectivity index (χ0v) is 8.86. The fraction of sp³-hybridized carbons (Fsp3) is 0.455. The number of rotatable bonds is 1. The van der Waals surface area contributed by atoms with Crippen LogP contribution >= 0.6 is 0 Å². The second-order valence-electron chi connectivity index (χ2n) is 4.11. The fourth-order valence-corrected chi connectivity index (χ4v) is 1.93. The molecule has 4 nitrogen and oxygen atoms in total. The van der Waals surface area contributed by atoms with E-state index in [-0.39, 0.29) is 23.6 Å². The van der Waals surface area contributed by atoms with E-state index in [4.69, 9.17) is 0 Å². The smallest absolute Gasteiger partial charge is 0.251 e. The minimum absolute atomic E-state index is 0.0616. The van der Waals surface area contributed by atoms with Gasteiger partial charge in [-0.1, -0.05) is 0 Å². The number of amides is 1. The van der Waals surface area contributed by atoms with Crippen LogP contribution in [0.2, 0.25) is 0 Å². The molecule has 15 heavy (non-hydrogen) atoms. The molecule has 1 saturated heterocycles. The molecule has 1 aliphatic heterocycles. The summed E-state index contributed by atoms with van der Waals surface area (Å²) in [6.07, 6.45) is 2.38. The fourth-order valence-electron chi connectivity index (χ4n) is 1.93. The molecule has 0 aliphatic carbocycles. The zero-order chi connectivity index (χ0) is 11.0. The molecule has 2 atom stereocenters. The van der Waals surface area contributed by atoms with E-state index in [1.165, 1.54) is 4.57 Å². The Kier molecular flexibility index (Phi) is 2.34. The van der Waals surface area contributed by atoms with Gasteiger partial charge in [-0.05, 0) is 31.9 Å². The third-order valence-corrected chi connectivity index (χ3v) is 2.71. The summed E-state index contributed by atoms with van der Waals surface area (Å²) in [6.45, 7) is 3.81. The number of pyridine rings is 1. The Morgan fingerprint density at radius 2 is 2.20 bits per heavy atom. The molecule has 1 aliphatic rings. The van der Waals surface area contributed by atoms with Crippen molar-refractivity contribution in [2.24, 2.45) is 0 Å². The molecular formula is C11H14N2O2. The Morgan fingerprint density at radius 1 is 1.47 bits per heavy atom. The van der Waals surface area contributed by atoms with Crippen LogP contribution in [0, 0.1) is 6.92 Å². The summed E-state index contributed by atoms with van der Waals surface area (Å²) in [5.74, 6) is -0.0616. The molecule has 1 fully saturated rings. The third-order valence-electron chi connectivity index (χ3n) is 2.71. The summed E-state index contributed by atoms with van der Waals surface area (Å²) >= 11 is 0. The second kappa shape index (κ2) is 3.53. The highest BCUT2D eigenvalue weighted by Gasteiger charge is 2.30. The van der Waals surface area contributed by atoms with Gasteiger partial charge >= 0.3 is 0 Å². The average molecular weight is 206 g/mol. The summed E-state index contributed by atoms with van der Waals surface area (Å²) < 4.78 is 1.51. The van der Waals surface area contributed by atoms with Gasteiger partial charge in [0.25, 0.3) is 5.56 Å². The van der Waals surface area contributed by atoms with E-state index < -0.39 is 0 Å². The van der Waals surface area contributed by atoms with E-state index >= 15 is 0 Å². The molecule has 1 N–H and O–H groups in total. The van der Waals surface area contributed by atoms with E-state index in [0.29, 0.717) is 6.42 Å². The maximum absolute atomic E-state index is 11.7. The van der Waals surface area contributed by atoms with Crippen LogP contribution in [0.4, 0.5) is 0 Å². The Morgan fingerprint density at radius 3 is 2.73 bits per heavy atom. The minimum atomic E-state index is -0.340. The van der Waals surface area contributed by atoms with Crippen LogP contribution < -0.4 is 10.9 Å². The zero-order valence-electron chi connectivity index (χ0n) is 8.86. The Balaban J connectivity index is 2.38. The van der Waals surface area contributed by atoms with Crippen LogP contribution in [0.5, 0.6) is 0 Å². The molecule has 0 bridgehead atoms. The molecule has 0 radical (unpaired) electrons. The number of hydrogen-bond acceptors (Lipinski definition) is 2. The summed E-state index contributed by atoms with van der Waals surface area (Å²) in [4.78, 5) is 23.2. The molecule has 80 valence electrons. The van der Waals surface area contributed by atoms with Gasteiger partial charge in [-0.15, -0.1) is 0 Å². The van der Waals surface area contributed by atoms with Crippen LogP contribution in [0.25, 0.3) is 0 Å². The topological polar surface area (TPSA) is 51.1 Å². The standard InChI is InChI=1S/C11H14N2O2/c1-7-3-4-13(10(14)5-7)9-6-8(2)12-11(9)15/h3-5,8-9H,6H2,1-2H3,(H,12,15). The summed E-state index contributed by atoms with van der Waals surface area (Å²) in [5, 5.41) is 2.81. The Labute approximate surface area is 87.9 Å². The van der Waals surface area contributed by atoms with E-state index in [1.54, 1.807) is 12.3 Å². The van der Waals surface area contributed by atoms with Gasteiger partial charge in [-0.2, -0.15) is 0 Å². The van der Waals surface area contributed by atoms with Gasteiger partial charge in [0.15, 0.2) is 0 Å². The van der Waals surface area contributed by atoms with Crippen molar-refractivity contribution in [3.05, 3.63) is 34.2 Å². The first-order valence-corrected chi connectivity index (χ1v) is 5.07. The largest absolute Gasteiger partial charge is 0.352 e. The molecule has 0 saturated carbocycles. The number of carbonyl (C=O) groups excluding carboxylic acids is 1. The van der Waals surface area contributed by atoms with Gasteiger partial charge in [0.2, 0.25) is 5.91 Å². The number of nitrogens with one attached hydrogen (secondary N) is 1. The van der Waals surface area contributed by atoms with Gasteiger partial charge in [0.05, 0.1) is 0 Å². The Bertz CT molecular complexity index is 450. The summed E-state index contributed by atoms with van der Waals surface area (Å²) in [7, 11) is 0. The van der Waals surface area contributed by atoms with E-state index in [0.717, 1.165) is 5.56 Å². The van der Waals surface area contributed by atoms with Crippen molar-refractivity contribution in [3.63, 3.8) is 0 Å². The lowest BCUT2D eigenvalue weighted by molar-refractivity contribution is -0.122. The predicted octanol–water partition coefficient (Wildman–Crippen LogP) is 0.606. The van der Waals surface area contributed by atoms with Crippen LogP contribution in [-0.2, 0) is 4.79 Å². The van der Waals surface area contributed by atoms with Crippen LogP contribution in [0.1, 0.15) is 24.9 Å². The molecule has 2 heterocycles. The Hall–Kier alpha value is -1.58. The van der Waals surface area contributed by atoms with Crippen LogP contribution in [0.3, 0.4) is 0 Å². The lowest BCUT2D eigenvalue weighted by Crippen LogP contribution is -2.30. The summed E-state index contributed by atoms with van der Waals surface area (Å²) in [5.41, 5.74) is 0.812. The van der Waals surface area contributed by atoms with Crippen molar-refractivity contribution in [2.45, 2.75) is 32.4 Å². The molecule has 1 amide bonds. The number of aryl methyl sites for hydroxylation is 1. The van der Waals surface area contributed by atoms with Gasteiger partial charge in [0, 0.05) is 18.3 Å². The molecular weight excluding hydrogens is 192 g/mol. The van der Waals surface area contributed by atoms with Gasteiger partial charge < -0.3 is 9.88 Å². The molecule has 0 spiro atoms. The number of aromatic nitrogens is 1. The normalized spacial score (nSPS) is 25.3. The third kappa shape index (κ3) is 1.79. The van der Waals surface area contributed by atoms with Crippen molar-refractivity contribution in [2.75, 3.05) is 0 Å². The molecule has 4 heteroatoms. The summed E-state index contributed by atoms with van der Waals surface area (Å²) in [6, 6.07) is 3.21. The van der Waals surface area contributed by atoms with Crippen molar-refractivity contribution in [1.29, 1.82) is 0 Å². The number of hydrogen-bond donors (Lipinski definition) is 1. The van der Waals surface area contributed by atoms with Gasteiger partial charge in [-0.3, -0.25) is 9.59 Å². The lowest BCUT2D eigenvalue weighted by atomic mass is 10.2. The van der Waals surface area contributed by atoms with Crippen LogP contribution in [-0.4, -0.2) is 16.5 Å². The minimum Gasteiger partial charge on any atom is -0.352 e. The quantitative estimate of drug-likeness (QED) is 0.731. The van der Waals surface area contributed by atoms with Gasteiger partial charge in [-0.25, -0.2) is 0 Å². The first-order valence-electron chi connectivity index (χ1n) is 5.07. The molecule has 2 rings (SSSR count). The molecule has 0 aromatic carbocycles. The second-order valence-corrected chi connectivity index (χ2v) is 4.11. The van der Waals surface area contributed by atoms with Gasteiger partial charge in [0.1, 0.15) is 6.04 Å². The molecule has 1 aromatic heterocycles. The molecule has 2 unspecified atom stereocenters. The van der Waals surface area contributed by atoms with E-state index in [1.807, 2.05) is 19.9 Å². The van der Waals surface area contributed by atoms with Crippen molar-refractivity contribution in [1.82, 2.24) is 9.88 Å². The highest BCUT2D eigenvalue weighted by Crippen LogP contribution is 2.18. The SMILES string of the molecule is Cc1ccn(C2CC(C)NC2=O)c(=O)c1. The van der Waals surface area contributed by atoms with Crippen molar-refractivity contribution >= 4 is 5.91 Å². The molecule has 1 aromatic rings. The highest BCUT2D eigenvalue weighted by molar-refractivity contribution is 5.82. The van der Waals surface area contributed by atoms with Crippen molar-refractivity contribution in [3.8, 4) is 0 Å².